The highest BCUT2D eigenvalue weighted by molar-refractivity contribution is 5.70. The zero-order valence-electron chi connectivity index (χ0n) is 14.0. The van der Waals surface area contributed by atoms with Gasteiger partial charge in [-0.25, -0.2) is 4.79 Å². The Morgan fingerprint density at radius 3 is 2.57 bits per heavy atom. The number of carbonyl (C=O) groups is 1. The number of rotatable bonds is 3. The summed E-state index contributed by atoms with van der Waals surface area (Å²) >= 11 is 0. The maximum Gasteiger partial charge on any atom is 0.411 e. The fourth-order valence-corrected chi connectivity index (χ4v) is 3.34. The van der Waals surface area contributed by atoms with Crippen molar-refractivity contribution in [1.29, 1.82) is 0 Å². The zero-order chi connectivity index (χ0) is 15.6. The van der Waals surface area contributed by atoms with Crippen LogP contribution in [0.25, 0.3) is 0 Å². The number of hydrogen-bond donors (Lipinski definition) is 0. The summed E-state index contributed by atoms with van der Waals surface area (Å²) in [5.41, 5.74) is 1.05. The molecule has 2 rings (SSSR count). The molecule has 1 fully saturated rings. The molecule has 0 saturated carbocycles. The molecule has 21 heavy (non-hydrogen) atoms. The molecule has 0 N–H and O–H groups in total. The van der Waals surface area contributed by atoms with Crippen molar-refractivity contribution in [3.63, 3.8) is 0 Å². The number of nitrogens with zero attached hydrogens (tertiary/aromatic N) is 1. The number of fused-ring (bicyclic) bond motifs is 2. The van der Waals surface area contributed by atoms with Crippen LogP contribution < -0.4 is 0 Å². The van der Waals surface area contributed by atoms with Crippen LogP contribution in [0, 0.1) is 5.92 Å². The fourth-order valence-electron chi connectivity index (χ4n) is 3.34. The predicted octanol–water partition coefficient (Wildman–Crippen LogP) is 3.76. The molecule has 2 unspecified atom stereocenters. The Morgan fingerprint density at radius 1 is 1.38 bits per heavy atom. The molecule has 0 aromatic rings. The lowest BCUT2D eigenvalue weighted by Crippen LogP contribution is -2.57. The van der Waals surface area contributed by atoms with E-state index in [9.17, 15) is 4.79 Å². The van der Waals surface area contributed by atoms with Crippen molar-refractivity contribution in [2.45, 2.75) is 71.6 Å². The first-order valence-electron chi connectivity index (χ1n) is 8.15. The number of morpholine rings is 1. The molecule has 120 valence electrons. The molecule has 0 aromatic heterocycles. The van der Waals surface area contributed by atoms with Crippen LogP contribution >= 0.6 is 0 Å². The molecule has 1 saturated heterocycles. The van der Waals surface area contributed by atoms with Crippen LogP contribution in [0.3, 0.4) is 0 Å². The van der Waals surface area contributed by atoms with Crippen molar-refractivity contribution in [2.75, 3.05) is 13.2 Å². The lowest BCUT2D eigenvalue weighted by Gasteiger charge is -2.45. The van der Waals surface area contributed by atoms with Gasteiger partial charge in [-0.1, -0.05) is 25.5 Å². The summed E-state index contributed by atoms with van der Waals surface area (Å²) in [5.74, 6) is 0.633. The quantitative estimate of drug-likeness (QED) is 0.744. The summed E-state index contributed by atoms with van der Waals surface area (Å²) in [4.78, 5) is 14.4. The SMILES string of the molecule is CCC(CC)C1=CC2COCC(C1)N2C(=O)OC(C)(C)C. The standard InChI is InChI=1S/C17H29NO3/c1-6-12(7-2)13-8-14-10-20-11-15(9-13)18(14)16(19)21-17(3,4)5/h8,12,14-15H,6-7,9-11H2,1-5H3. The molecule has 4 heteroatoms. The zero-order valence-corrected chi connectivity index (χ0v) is 14.0. The van der Waals surface area contributed by atoms with Gasteiger partial charge in [0.1, 0.15) is 5.60 Å². The topological polar surface area (TPSA) is 38.8 Å². The van der Waals surface area contributed by atoms with Crippen LogP contribution in [-0.4, -0.2) is 41.9 Å². The Hall–Kier alpha value is -1.03. The Balaban J connectivity index is 2.17. The molecule has 2 aliphatic rings. The summed E-state index contributed by atoms with van der Waals surface area (Å²) < 4.78 is 11.2. The van der Waals surface area contributed by atoms with E-state index in [0.717, 1.165) is 19.3 Å². The second-order valence-electron chi connectivity index (χ2n) is 7.11. The van der Waals surface area contributed by atoms with Gasteiger partial charge in [0, 0.05) is 0 Å². The van der Waals surface area contributed by atoms with Gasteiger partial charge in [0.2, 0.25) is 0 Å². The highest BCUT2D eigenvalue weighted by Gasteiger charge is 2.40. The third-order valence-electron chi connectivity index (χ3n) is 4.34. The molecule has 1 amide bonds. The van der Waals surface area contributed by atoms with Gasteiger partial charge in [-0.15, -0.1) is 0 Å². The Kier molecular flexibility index (Phi) is 4.97. The molecular formula is C17H29NO3. The lowest BCUT2D eigenvalue weighted by molar-refractivity contribution is -0.0544. The highest BCUT2D eigenvalue weighted by atomic mass is 16.6. The monoisotopic (exact) mass is 295 g/mol. The third-order valence-corrected chi connectivity index (χ3v) is 4.34. The van der Waals surface area contributed by atoms with Crippen molar-refractivity contribution in [3.8, 4) is 0 Å². The number of carbonyl (C=O) groups excluding carboxylic acids is 1. The van der Waals surface area contributed by atoms with Crippen molar-refractivity contribution < 1.29 is 14.3 Å². The first kappa shape index (κ1) is 16.3. The van der Waals surface area contributed by atoms with Crippen LogP contribution in [0.5, 0.6) is 0 Å². The van der Waals surface area contributed by atoms with Crippen molar-refractivity contribution >= 4 is 6.09 Å². The van der Waals surface area contributed by atoms with E-state index in [4.69, 9.17) is 9.47 Å². The summed E-state index contributed by atoms with van der Waals surface area (Å²) in [6.07, 6.45) is 5.28. The van der Waals surface area contributed by atoms with Crippen molar-refractivity contribution in [1.82, 2.24) is 4.90 Å². The maximum absolute atomic E-state index is 12.5. The molecule has 0 aromatic carbocycles. The summed E-state index contributed by atoms with van der Waals surface area (Å²) in [6, 6.07) is 0.155. The van der Waals surface area contributed by atoms with E-state index in [1.165, 1.54) is 5.57 Å². The summed E-state index contributed by atoms with van der Waals surface area (Å²) in [6.45, 7) is 11.4. The average molecular weight is 295 g/mol. The highest BCUT2D eigenvalue weighted by Crippen LogP contribution is 2.34. The van der Waals surface area contributed by atoms with E-state index < -0.39 is 5.60 Å². The second kappa shape index (κ2) is 6.39. The molecule has 2 aliphatic heterocycles. The molecule has 4 nitrogen and oxygen atoms in total. The van der Waals surface area contributed by atoms with Gasteiger partial charge < -0.3 is 9.47 Å². The van der Waals surface area contributed by atoms with E-state index in [1.807, 2.05) is 25.7 Å². The van der Waals surface area contributed by atoms with Crippen LogP contribution in [0.4, 0.5) is 4.79 Å². The van der Waals surface area contributed by atoms with Gasteiger partial charge in [-0.3, -0.25) is 4.90 Å². The minimum absolute atomic E-state index is 0.0305. The van der Waals surface area contributed by atoms with Gasteiger partial charge in [-0.2, -0.15) is 0 Å². The molecule has 2 atom stereocenters. The maximum atomic E-state index is 12.5. The van der Waals surface area contributed by atoms with Crippen LogP contribution in [0.15, 0.2) is 11.6 Å². The number of hydrogen-bond acceptors (Lipinski definition) is 3. The molecular weight excluding hydrogens is 266 g/mol. The van der Waals surface area contributed by atoms with Gasteiger partial charge >= 0.3 is 6.09 Å². The molecule has 0 radical (unpaired) electrons. The third kappa shape index (κ3) is 3.79. The van der Waals surface area contributed by atoms with Crippen LogP contribution in [0.1, 0.15) is 53.9 Å². The van der Waals surface area contributed by atoms with E-state index in [0.29, 0.717) is 19.1 Å². The minimum Gasteiger partial charge on any atom is -0.444 e. The number of ether oxygens (including phenoxy) is 2. The Morgan fingerprint density at radius 2 is 2.05 bits per heavy atom. The van der Waals surface area contributed by atoms with Gasteiger partial charge in [0.05, 0.1) is 25.3 Å². The van der Waals surface area contributed by atoms with Gasteiger partial charge in [0.15, 0.2) is 0 Å². The van der Waals surface area contributed by atoms with E-state index >= 15 is 0 Å². The van der Waals surface area contributed by atoms with E-state index in [-0.39, 0.29) is 18.2 Å². The largest absolute Gasteiger partial charge is 0.444 e. The molecule has 0 spiro atoms. The van der Waals surface area contributed by atoms with E-state index in [1.54, 1.807) is 0 Å². The van der Waals surface area contributed by atoms with Crippen LogP contribution in [0.2, 0.25) is 0 Å². The summed E-state index contributed by atoms with van der Waals surface area (Å²) in [7, 11) is 0. The molecule has 2 heterocycles. The molecule has 2 bridgehead atoms. The van der Waals surface area contributed by atoms with Crippen LogP contribution in [-0.2, 0) is 9.47 Å². The first-order valence-corrected chi connectivity index (χ1v) is 8.15. The number of amides is 1. The fraction of sp³-hybridized carbons (Fsp3) is 0.824. The molecule has 0 aliphatic carbocycles. The van der Waals surface area contributed by atoms with Gasteiger partial charge in [0.25, 0.3) is 0 Å². The average Bonchev–Trinajstić information content (AvgIpc) is 2.37. The summed E-state index contributed by atoms with van der Waals surface area (Å²) in [5, 5.41) is 0. The van der Waals surface area contributed by atoms with Crippen molar-refractivity contribution in [3.05, 3.63) is 11.6 Å². The lowest BCUT2D eigenvalue weighted by atomic mass is 9.84. The van der Waals surface area contributed by atoms with Crippen molar-refractivity contribution in [2.24, 2.45) is 5.92 Å². The predicted molar refractivity (Wildman–Crippen MR) is 83.2 cm³/mol. The van der Waals surface area contributed by atoms with Gasteiger partial charge in [-0.05, 0) is 46.0 Å². The Labute approximate surface area is 128 Å². The Bertz CT molecular complexity index is 407. The minimum atomic E-state index is -0.453. The smallest absolute Gasteiger partial charge is 0.411 e. The normalized spacial score (nSPS) is 25.8. The first-order chi connectivity index (χ1) is 9.85. The van der Waals surface area contributed by atoms with E-state index in [2.05, 4.69) is 19.9 Å². The second-order valence-corrected chi connectivity index (χ2v) is 7.11.